The average molecular weight is 411 g/mol. The molecule has 0 amide bonds. The molecule has 0 saturated heterocycles. The van der Waals surface area contributed by atoms with E-state index in [2.05, 4.69) is 9.97 Å². The number of pyridine rings is 2. The number of hydrogen-bond donors (Lipinski definition) is 0. The summed E-state index contributed by atoms with van der Waals surface area (Å²) in [5.41, 5.74) is 3.03. The van der Waals surface area contributed by atoms with Crippen molar-refractivity contribution in [2.75, 3.05) is 0 Å². The number of imidazole rings is 1. The number of aromatic nitrogens is 3. The molecular formula is C25H21N3O3. The number of rotatable bonds is 5. The summed E-state index contributed by atoms with van der Waals surface area (Å²) in [6, 6.07) is 17.1. The zero-order valence-corrected chi connectivity index (χ0v) is 17.3. The van der Waals surface area contributed by atoms with Crippen LogP contribution in [-0.2, 0) is 16.1 Å². The maximum absolute atomic E-state index is 13.0. The lowest BCUT2D eigenvalue weighted by Crippen LogP contribution is -2.29. The van der Waals surface area contributed by atoms with Gasteiger partial charge in [-0.05, 0) is 67.9 Å². The molecule has 1 aliphatic heterocycles. The maximum Gasteiger partial charge on any atom is 0.210 e. The molecule has 154 valence electrons. The first-order valence-electron chi connectivity index (χ1n) is 10.1. The highest BCUT2D eigenvalue weighted by molar-refractivity contribution is 6.32. The number of ether oxygens (including phenoxy) is 2. The second-order valence-electron chi connectivity index (χ2n) is 7.89. The van der Waals surface area contributed by atoms with Crippen molar-refractivity contribution in [3.63, 3.8) is 0 Å². The molecule has 4 heterocycles. The fourth-order valence-electron chi connectivity index (χ4n) is 3.66. The van der Waals surface area contributed by atoms with Crippen LogP contribution in [0.5, 0.6) is 5.75 Å². The summed E-state index contributed by atoms with van der Waals surface area (Å²) in [6.07, 6.45) is 7.26. The van der Waals surface area contributed by atoms with E-state index in [0.717, 1.165) is 28.2 Å². The number of fused-ring (bicyclic) bond motifs is 1. The van der Waals surface area contributed by atoms with Crippen molar-refractivity contribution in [2.24, 2.45) is 0 Å². The lowest BCUT2D eigenvalue weighted by Gasteiger charge is -2.18. The van der Waals surface area contributed by atoms with Gasteiger partial charge in [-0.3, -0.25) is 9.78 Å². The predicted octanol–water partition coefficient (Wildman–Crippen LogP) is 4.55. The van der Waals surface area contributed by atoms with Crippen molar-refractivity contribution >= 4 is 22.8 Å². The van der Waals surface area contributed by atoms with Crippen LogP contribution in [0.3, 0.4) is 0 Å². The Kier molecular flexibility index (Phi) is 4.55. The maximum atomic E-state index is 13.0. The Bertz CT molecular complexity index is 1260. The van der Waals surface area contributed by atoms with Crippen LogP contribution < -0.4 is 4.74 Å². The molecule has 31 heavy (non-hydrogen) atoms. The van der Waals surface area contributed by atoms with E-state index in [1.54, 1.807) is 26.2 Å². The Morgan fingerprint density at radius 3 is 2.52 bits per heavy atom. The Balaban J connectivity index is 1.39. The van der Waals surface area contributed by atoms with Crippen LogP contribution in [0.1, 0.15) is 30.7 Å². The Labute approximate surface area is 179 Å². The monoisotopic (exact) mass is 411 g/mol. The summed E-state index contributed by atoms with van der Waals surface area (Å²) in [5.74, 6) is 1.25. The lowest BCUT2D eigenvalue weighted by molar-refractivity contribution is -0.125. The van der Waals surface area contributed by atoms with Crippen LogP contribution in [0.2, 0.25) is 0 Å². The summed E-state index contributed by atoms with van der Waals surface area (Å²) in [4.78, 5) is 21.6. The van der Waals surface area contributed by atoms with Gasteiger partial charge in [-0.1, -0.05) is 6.07 Å². The molecule has 5 rings (SSSR count). The van der Waals surface area contributed by atoms with Gasteiger partial charge in [-0.25, -0.2) is 4.98 Å². The molecule has 4 aromatic rings. The standard InChI is InChI=1S/C25H21N3O3/c1-25(2)24(29)22(17-10-12-26-13-11-17)23(31-25)18-6-8-20(9-7-18)30-16-19-15-28-14-4-3-5-21(28)27-19/h3-15H,16H2,1-2H3. The highest BCUT2D eigenvalue weighted by Crippen LogP contribution is 2.41. The van der Waals surface area contributed by atoms with Gasteiger partial charge < -0.3 is 13.9 Å². The van der Waals surface area contributed by atoms with Gasteiger partial charge in [0.15, 0.2) is 5.60 Å². The molecule has 6 nitrogen and oxygen atoms in total. The molecule has 0 N–H and O–H groups in total. The van der Waals surface area contributed by atoms with E-state index in [9.17, 15) is 4.79 Å². The van der Waals surface area contributed by atoms with E-state index in [1.165, 1.54) is 0 Å². The molecule has 3 aromatic heterocycles. The SMILES string of the molecule is CC1(C)OC(c2ccc(OCc3cn4ccccc4n3)cc2)=C(c2ccncc2)C1=O. The summed E-state index contributed by atoms with van der Waals surface area (Å²) in [5, 5.41) is 0. The van der Waals surface area contributed by atoms with Crippen molar-refractivity contribution < 1.29 is 14.3 Å². The van der Waals surface area contributed by atoms with Crippen molar-refractivity contribution in [2.45, 2.75) is 26.1 Å². The molecule has 0 aliphatic carbocycles. The highest BCUT2D eigenvalue weighted by atomic mass is 16.5. The lowest BCUT2D eigenvalue weighted by atomic mass is 9.93. The number of hydrogen-bond acceptors (Lipinski definition) is 5. The van der Waals surface area contributed by atoms with Gasteiger partial charge in [0.25, 0.3) is 0 Å². The van der Waals surface area contributed by atoms with Gasteiger partial charge in [-0.15, -0.1) is 0 Å². The molecule has 1 aromatic carbocycles. The third kappa shape index (κ3) is 3.57. The molecule has 0 saturated carbocycles. The molecule has 0 spiro atoms. The number of ketones is 1. The highest BCUT2D eigenvalue weighted by Gasteiger charge is 2.42. The summed E-state index contributed by atoms with van der Waals surface area (Å²) in [6.45, 7) is 3.94. The van der Waals surface area contributed by atoms with Gasteiger partial charge in [0.1, 0.15) is 23.8 Å². The van der Waals surface area contributed by atoms with Crippen molar-refractivity contribution in [1.82, 2.24) is 14.4 Å². The Hall–Kier alpha value is -3.93. The van der Waals surface area contributed by atoms with E-state index in [-0.39, 0.29) is 5.78 Å². The molecular weight excluding hydrogens is 390 g/mol. The molecule has 1 aliphatic rings. The third-order valence-electron chi connectivity index (χ3n) is 5.24. The normalized spacial score (nSPS) is 15.4. The second-order valence-corrected chi connectivity index (χ2v) is 7.89. The van der Waals surface area contributed by atoms with E-state index in [4.69, 9.17) is 9.47 Å². The van der Waals surface area contributed by atoms with Gasteiger partial charge in [0.05, 0.1) is 11.3 Å². The van der Waals surface area contributed by atoms with Crippen LogP contribution >= 0.6 is 0 Å². The molecule has 0 bridgehead atoms. The molecule has 0 radical (unpaired) electrons. The average Bonchev–Trinajstić information content (AvgIpc) is 3.31. The Morgan fingerprint density at radius 2 is 1.77 bits per heavy atom. The van der Waals surface area contributed by atoms with E-state index < -0.39 is 5.60 Å². The number of carbonyl (C=O) groups excluding carboxylic acids is 1. The fraction of sp³-hybridized carbons (Fsp3) is 0.160. The summed E-state index contributed by atoms with van der Waals surface area (Å²) >= 11 is 0. The van der Waals surface area contributed by atoms with Gasteiger partial charge >= 0.3 is 0 Å². The number of Topliss-reactive ketones (excluding diaryl/α,β-unsaturated/α-hetero) is 1. The largest absolute Gasteiger partial charge is 0.487 e. The summed E-state index contributed by atoms with van der Waals surface area (Å²) < 4.78 is 13.9. The Morgan fingerprint density at radius 1 is 1.00 bits per heavy atom. The second kappa shape index (κ2) is 7.40. The zero-order chi connectivity index (χ0) is 21.4. The van der Waals surface area contributed by atoms with Crippen molar-refractivity contribution in [1.29, 1.82) is 0 Å². The fourth-order valence-corrected chi connectivity index (χ4v) is 3.66. The quantitative estimate of drug-likeness (QED) is 0.482. The minimum atomic E-state index is -0.910. The predicted molar refractivity (Wildman–Crippen MR) is 117 cm³/mol. The number of carbonyl (C=O) groups is 1. The molecule has 0 fully saturated rings. The topological polar surface area (TPSA) is 65.7 Å². The first kappa shape index (κ1) is 19.1. The van der Waals surface area contributed by atoms with E-state index in [1.807, 2.05) is 71.4 Å². The minimum absolute atomic E-state index is 0.0409. The van der Waals surface area contributed by atoms with Crippen LogP contribution in [0.25, 0.3) is 17.0 Å². The van der Waals surface area contributed by atoms with Crippen LogP contribution in [-0.4, -0.2) is 25.8 Å². The van der Waals surface area contributed by atoms with Crippen LogP contribution in [0, 0.1) is 0 Å². The van der Waals surface area contributed by atoms with Crippen molar-refractivity contribution in [3.8, 4) is 5.75 Å². The van der Waals surface area contributed by atoms with E-state index in [0.29, 0.717) is 17.9 Å². The van der Waals surface area contributed by atoms with Gasteiger partial charge in [0.2, 0.25) is 5.78 Å². The van der Waals surface area contributed by atoms with Crippen molar-refractivity contribution in [3.05, 3.63) is 96.2 Å². The third-order valence-corrected chi connectivity index (χ3v) is 5.24. The molecule has 0 unspecified atom stereocenters. The smallest absolute Gasteiger partial charge is 0.210 e. The minimum Gasteiger partial charge on any atom is -0.487 e. The van der Waals surface area contributed by atoms with Crippen LogP contribution in [0.15, 0.2) is 79.4 Å². The van der Waals surface area contributed by atoms with Gasteiger partial charge in [0, 0.05) is 30.4 Å². The first-order chi connectivity index (χ1) is 15.0. The van der Waals surface area contributed by atoms with E-state index >= 15 is 0 Å². The number of benzene rings is 1. The molecule has 6 heteroatoms. The molecule has 0 atom stereocenters. The van der Waals surface area contributed by atoms with Crippen LogP contribution in [0.4, 0.5) is 0 Å². The number of nitrogens with zero attached hydrogens (tertiary/aromatic N) is 3. The van der Waals surface area contributed by atoms with Gasteiger partial charge in [-0.2, -0.15) is 0 Å². The first-order valence-corrected chi connectivity index (χ1v) is 10.1. The summed E-state index contributed by atoms with van der Waals surface area (Å²) in [7, 11) is 0. The zero-order valence-electron chi connectivity index (χ0n) is 17.3.